The molecule has 0 saturated heterocycles. The molecule has 0 unspecified atom stereocenters. The molecule has 40 heavy (non-hydrogen) atoms. The van der Waals surface area contributed by atoms with Crippen molar-refractivity contribution in [2.45, 2.75) is 26.3 Å². The van der Waals surface area contributed by atoms with E-state index in [9.17, 15) is 9.59 Å². The molecule has 202 valence electrons. The van der Waals surface area contributed by atoms with Gasteiger partial charge in [-0.25, -0.2) is 9.78 Å². The number of carbonyl (C=O) groups is 1. The van der Waals surface area contributed by atoms with Gasteiger partial charge in [-0.1, -0.05) is 61.0 Å². The summed E-state index contributed by atoms with van der Waals surface area (Å²) >= 11 is 6.01. The van der Waals surface area contributed by atoms with Crippen LogP contribution in [0, 0.1) is 0 Å². The maximum absolute atomic E-state index is 13.7. The quantitative estimate of drug-likeness (QED) is 0.210. The van der Waals surface area contributed by atoms with E-state index in [2.05, 4.69) is 17.6 Å². The number of nitrogens with one attached hydrogen (secondary N) is 2. The number of methoxy groups -OCH3 is 1. The summed E-state index contributed by atoms with van der Waals surface area (Å²) in [6, 6.07) is 27.7. The first-order valence-corrected chi connectivity index (χ1v) is 13.4. The van der Waals surface area contributed by atoms with Gasteiger partial charge >= 0.3 is 6.03 Å². The fraction of sp³-hybridized carbons (Fsp3) is 0.156. The molecular formula is C32H29ClN4O3. The number of aromatic nitrogens is 2. The van der Waals surface area contributed by atoms with Crippen molar-refractivity contribution < 1.29 is 9.53 Å². The minimum absolute atomic E-state index is 0.149. The van der Waals surface area contributed by atoms with Crippen LogP contribution in [0.4, 0.5) is 16.2 Å². The van der Waals surface area contributed by atoms with Gasteiger partial charge in [0.25, 0.3) is 5.56 Å². The number of ether oxygens (including phenoxy) is 1. The van der Waals surface area contributed by atoms with Crippen LogP contribution in [-0.4, -0.2) is 22.7 Å². The monoisotopic (exact) mass is 552 g/mol. The van der Waals surface area contributed by atoms with Gasteiger partial charge in [-0.2, -0.15) is 0 Å². The zero-order chi connectivity index (χ0) is 28.1. The largest absolute Gasteiger partial charge is 0.497 e. The summed E-state index contributed by atoms with van der Waals surface area (Å²) in [6.45, 7) is 2.46. The van der Waals surface area contributed by atoms with Gasteiger partial charge in [0.1, 0.15) is 11.6 Å². The Labute approximate surface area is 237 Å². The highest BCUT2D eigenvalue weighted by Crippen LogP contribution is 2.25. The minimum atomic E-state index is -0.436. The summed E-state index contributed by atoms with van der Waals surface area (Å²) in [5.41, 5.74) is 4.61. The molecule has 0 fully saturated rings. The number of carbonyl (C=O) groups excluding carboxylic acids is 1. The molecule has 5 rings (SSSR count). The SMILES string of the molecule is CCCc1nc2ccc(NC(=O)Nc3cccc(Cl)c3)cc2c(=O)n1Cc1ccc(-c2cccc(OC)c2)cc1. The summed E-state index contributed by atoms with van der Waals surface area (Å²) in [5.74, 6) is 1.53. The average Bonchev–Trinajstić information content (AvgIpc) is 2.96. The number of halogens is 1. The van der Waals surface area contributed by atoms with Crippen molar-refractivity contribution in [3.8, 4) is 16.9 Å². The van der Waals surface area contributed by atoms with E-state index in [0.29, 0.717) is 40.3 Å². The van der Waals surface area contributed by atoms with Gasteiger partial charge in [0, 0.05) is 22.8 Å². The summed E-state index contributed by atoms with van der Waals surface area (Å²) < 4.78 is 7.07. The van der Waals surface area contributed by atoms with E-state index in [1.807, 2.05) is 48.5 Å². The molecule has 1 heterocycles. The second kappa shape index (κ2) is 12.1. The topological polar surface area (TPSA) is 85.3 Å². The van der Waals surface area contributed by atoms with E-state index in [0.717, 1.165) is 34.7 Å². The molecule has 2 N–H and O–H groups in total. The number of urea groups is 1. The zero-order valence-electron chi connectivity index (χ0n) is 22.3. The Balaban J connectivity index is 1.41. The number of fused-ring (bicyclic) bond motifs is 1. The fourth-order valence-corrected chi connectivity index (χ4v) is 4.76. The van der Waals surface area contributed by atoms with Crippen molar-refractivity contribution in [1.82, 2.24) is 9.55 Å². The van der Waals surface area contributed by atoms with Gasteiger partial charge in [0.05, 0.1) is 24.6 Å². The van der Waals surface area contributed by atoms with Crippen molar-refractivity contribution in [3.63, 3.8) is 0 Å². The summed E-state index contributed by atoms with van der Waals surface area (Å²) in [4.78, 5) is 31.1. The molecule has 0 radical (unpaired) electrons. The normalized spacial score (nSPS) is 10.9. The van der Waals surface area contributed by atoms with Crippen LogP contribution in [0.2, 0.25) is 5.02 Å². The summed E-state index contributed by atoms with van der Waals surface area (Å²) in [6.07, 6.45) is 1.53. The fourth-order valence-electron chi connectivity index (χ4n) is 4.57. The molecule has 0 aliphatic carbocycles. The van der Waals surface area contributed by atoms with E-state index in [1.54, 1.807) is 54.1 Å². The number of anilines is 2. The molecule has 0 atom stereocenters. The van der Waals surface area contributed by atoms with Crippen LogP contribution in [0.1, 0.15) is 24.7 Å². The van der Waals surface area contributed by atoms with Gasteiger partial charge < -0.3 is 15.4 Å². The van der Waals surface area contributed by atoms with Crippen molar-refractivity contribution in [3.05, 3.63) is 118 Å². The van der Waals surface area contributed by atoms with Crippen molar-refractivity contribution in [1.29, 1.82) is 0 Å². The number of aryl methyl sites for hydroxylation is 1. The first-order chi connectivity index (χ1) is 19.4. The van der Waals surface area contributed by atoms with E-state index in [4.69, 9.17) is 21.3 Å². The Morgan fingerprint density at radius 1 is 0.900 bits per heavy atom. The van der Waals surface area contributed by atoms with Crippen molar-refractivity contribution >= 4 is 39.9 Å². The molecule has 2 amide bonds. The number of rotatable bonds is 8. The predicted molar refractivity (Wildman–Crippen MR) is 162 cm³/mol. The lowest BCUT2D eigenvalue weighted by molar-refractivity contribution is 0.262. The van der Waals surface area contributed by atoms with Crippen LogP contribution in [-0.2, 0) is 13.0 Å². The van der Waals surface area contributed by atoms with E-state index >= 15 is 0 Å². The first kappa shape index (κ1) is 27.0. The Bertz CT molecular complexity index is 1730. The molecule has 8 heteroatoms. The molecule has 1 aromatic heterocycles. The number of nitrogens with zero attached hydrogens (tertiary/aromatic N) is 2. The molecule has 0 saturated carbocycles. The molecule has 7 nitrogen and oxygen atoms in total. The molecule has 0 aliphatic heterocycles. The third-order valence-corrected chi connectivity index (χ3v) is 6.78. The average molecular weight is 553 g/mol. The first-order valence-electron chi connectivity index (χ1n) is 13.0. The summed E-state index contributed by atoms with van der Waals surface area (Å²) in [7, 11) is 1.65. The lowest BCUT2D eigenvalue weighted by Crippen LogP contribution is -2.26. The van der Waals surface area contributed by atoms with Crippen LogP contribution in [0.15, 0.2) is 95.8 Å². The highest BCUT2D eigenvalue weighted by atomic mass is 35.5. The summed E-state index contributed by atoms with van der Waals surface area (Å²) in [5, 5.41) is 6.50. The van der Waals surface area contributed by atoms with Crippen LogP contribution < -0.4 is 20.9 Å². The number of benzene rings is 4. The lowest BCUT2D eigenvalue weighted by atomic mass is 10.0. The molecule has 0 bridgehead atoms. The smallest absolute Gasteiger partial charge is 0.323 e. The van der Waals surface area contributed by atoms with Crippen molar-refractivity contribution in [2.24, 2.45) is 0 Å². The third-order valence-electron chi connectivity index (χ3n) is 6.54. The Morgan fingerprint density at radius 2 is 1.65 bits per heavy atom. The van der Waals surface area contributed by atoms with Crippen LogP contribution in [0.25, 0.3) is 22.0 Å². The minimum Gasteiger partial charge on any atom is -0.497 e. The maximum Gasteiger partial charge on any atom is 0.323 e. The van der Waals surface area contributed by atoms with E-state index in [1.165, 1.54) is 0 Å². The second-order valence-electron chi connectivity index (χ2n) is 9.42. The Morgan fingerprint density at radius 3 is 2.38 bits per heavy atom. The highest BCUT2D eigenvalue weighted by molar-refractivity contribution is 6.30. The predicted octanol–water partition coefficient (Wildman–Crippen LogP) is 7.37. The van der Waals surface area contributed by atoms with Crippen molar-refractivity contribution in [2.75, 3.05) is 17.7 Å². The number of hydrogen-bond acceptors (Lipinski definition) is 4. The molecule has 0 aliphatic rings. The van der Waals surface area contributed by atoms with Gasteiger partial charge in [0.2, 0.25) is 0 Å². The molecule has 5 aromatic rings. The molecular weight excluding hydrogens is 524 g/mol. The van der Waals surface area contributed by atoms with Crippen LogP contribution in [0.3, 0.4) is 0 Å². The van der Waals surface area contributed by atoms with E-state index < -0.39 is 6.03 Å². The number of hydrogen-bond donors (Lipinski definition) is 2. The van der Waals surface area contributed by atoms with Gasteiger partial charge in [0.15, 0.2) is 0 Å². The van der Waals surface area contributed by atoms with Crippen LogP contribution in [0.5, 0.6) is 5.75 Å². The molecule has 4 aromatic carbocycles. The van der Waals surface area contributed by atoms with Gasteiger partial charge in [-0.15, -0.1) is 0 Å². The lowest BCUT2D eigenvalue weighted by Gasteiger charge is -2.15. The zero-order valence-corrected chi connectivity index (χ0v) is 23.0. The third kappa shape index (κ3) is 6.16. The van der Waals surface area contributed by atoms with Gasteiger partial charge in [-0.05, 0) is 71.6 Å². The Hall–Kier alpha value is -4.62. The van der Waals surface area contributed by atoms with E-state index in [-0.39, 0.29) is 5.56 Å². The standard InChI is InChI=1S/C32H29ClN4O3/c1-3-6-30-36-29-16-15-26(35-32(39)34-25-9-5-8-24(33)18-25)19-28(29)31(38)37(30)20-21-11-13-22(14-12-21)23-7-4-10-27(17-23)40-2/h4-5,7-19H,3,6,20H2,1-2H3,(H2,34,35,39). The Kier molecular flexibility index (Phi) is 8.12. The maximum atomic E-state index is 13.7. The second-order valence-corrected chi connectivity index (χ2v) is 9.86. The van der Waals surface area contributed by atoms with Crippen LogP contribution >= 0.6 is 11.6 Å². The van der Waals surface area contributed by atoms with Gasteiger partial charge in [-0.3, -0.25) is 9.36 Å². The molecule has 0 spiro atoms. The highest BCUT2D eigenvalue weighted by Gasteiger charge is 2.13. The number of amides is 2.